The quantitative estimate of drug-likeness (QED) is 0.922. The van der Waals surface area contributed by atoms with Crippen LogP contribution in [0.3, 0.4) is 0 Å². The Morgan fingerprint density at radius 2 is 2.42 bits per heavy atom. The minimum atomic E-state index is 0.0665. The lowest BCUT2D eigenvalue weighted by Crippen LogP contribution is -2.49. The van der Waals surface area contributed by atoms with Crippen molar-refractivity contribution in [1.82, 2.24) is 4.90 Å². The van der Waals surface area contributed by atoms with Gasteiger partial charge in [-0.3, -0.25) is 4.79 Å². The largest absolute Gasteiger partial charge is 0.495 e. The fraction of sp³-hybridized carbons (Fsp3) is 0.643. The van der Waals surface area contributed by atoms with Crippen molar-refractivity contribution in [3.63, 3.8) is 0 Å². The van der Waals surface area contributed by atoms with Gasteiger partial charge in [-0.05, 0) is 30.2 Å². The Kier molecular flexibility index (Phi) is 4.82. The number of methoxy groups -OCH3 is 1. The van der Waals surface area contributed by atoms with Gasteiger partial charge in [0, 0.05) is 19.1 Å². The standard InChI is InChI=1S/C14H22N2O2S/c1-3-10-4-6-16(11(8-10)9-15)14(17)13-12(18-2)5-7-19-13/h5,7,10-11H,3-4,6,8-9,15H2,1-2H3. The van der Waals surface area contributed by atoms with Crippen molar-refractivity contribution in [2.24, 2.45) is 11.7 Å². The lowest BCUT2D eigenvalue weighted by atomic mass is 9.89. The normalized spacial score (nSPS) is 23.4. The lowest BCUT2D eigenvalue weighted by molar-refractivity contribution is 0.0560. The smallest absolute Gasteiger partial charge is 0.268 e. The van der Waals surface area contributed by atoms with Gasteiger partial charge in [-0.25, -0.2) is 0 Å². The van der Waals surface area contributed by atoms with E-state index in [4.69, 9.17) is 10.5 Å². The Labute approximate surface area is 118 Å². The molecular formula is C14H22N2O2S. The van der Waals surface area contributed by atoms with E-state index >= 15 is 0 Å². The predicted molar refractivity (Wildman–Crippen MR) is 77.8 cm³/mol. The van der Waals surface area contributed by atoms with Gasteiger partial charge in [0.15, 0.2) is 0 Å². The Hall–Kier alpha value is -1.07. The first kappa shape index (κ1) is 14.3. The fourth-order valence-corrected chi connectivity index (χ4v) is 3.55. The SMILES string of the molecule is CCC1CCN(C(=O)c2sccc2OC)C(CN)C1. The average molecular weight is 282 g/mol. The highest BCUT2D eigenvalue weighted by Crippen LogP contribution is 2.30. The van der Waals surface area contributed by atoms with E-state index in [1.165, 1.54) is 17.8 Å². The molecule has 0 aromatic carbocycles. The maximum atomic E-state index is 12.6. The molecule has 2 heterocycles. The summed E-state index contributed by atoms with van der Waals surface area (Å²) in [7, 11) is 1.60. The number of likely N-dealkylation sites (tertiary alicyclic amines) is 1. The molecule has 0 saturated carbocycles. The van der Waals surface area contributed by atoms with Crippen molar-refractivity contribution in [1.29, 1.82) is 0 Å². The van der Waals surface area contributed by atoms with Crippen molar-refractivity contribution in [3.8, 4) is 5.75 Å². The molecule has 4 nitrogen and oxygen atoms in total. The van der Waals surface area contributed by atoms with Crippen LogP contribution in [-0.2, 0) is 0 Å². The molecule has 0 spiro atoms. The third-order valence-electron chi connectivity index (χ3n) is 3.98. The molecule has 106 valence electrons. The van der Waals surface area contributed by atoms with Gasteiger partial charge in [-0.1, -0.05) is 13.3 Å². The molecular weight excluding hydrogens is 260 g/mol. The zero-order valence-electron chi connectivity index (χ0n) is 11.6. The summed E-state index contributed by atoms with van der Waals surface area (Å²) in [6.07, 6.45) is 3.26. The second-order valence-electron chi connectivity index (χ2n) is 5.00. The number of carbonyl (C=O) groups excluding carboxylic acids is 1. The van der Waals surface area contributed by atoms with E-state index in [0.29, 0.717) is 23.1 Å². The van der Waals surface area contributed by atoms with Crippen LogP contribution in [0.25, 0.3) is 0 Å². The molecule has 1 aromatic rings. The molecule has 2 rings (SSSR count). The number of hydrogen-bond donors (Lipinski definition) is 1. The van der Waals surface area contributed by atoms with E-state index in [2.05, 4.69) is 6.92 Å². The van der Waals surface area contributed by atoms with Crippen molar-refractivity contribution in [2.45, 2.75) is 32.2 Å². The molecule has 1 aliphatic rings. The van der Waals surface area contributed by atoms with Crippen LogP contribution in [0.5, 0.6) is 5.75 Å². The molecule has 2 atom stereocenters. The van der Waals surface area contributed by atoms with E-state index in [9.17, 15) is 4.79 Å². The molecule has 1 amide bonds. The number of nitrogens with two attached hydrogens (primary N) is 1. The van der Waals surface area contributed by atoms with Crippen LogP contribution in [0.1, 0.15) is 35.9 Å². The first-order chi connectivity index (χ1) is 9.21. The predicted octanol–water partition coefficient (Wildman–Crippen LogP) is 2.35. The third-order valence-corrected chi connectivity index (χ3v) is 4.86. The number of hydrogen-bond acceptors (Lipinski definition) is 4. The Bertz CT molecular complexity index is 433. The highest BCUT2D eigenvalue weighted by Gasteiger charge is 2.32. The van der Waals surface area contributed by atoms with E-state index in [0.717, 1.165) is 19.4 Å². The number of amides is 1. The van der Waals surface area contributed by atoms with Crippen LogP contribution in [0, 0.1) is 5.92 Å². The lowest BCUT2D eigenvalue weighted by Gasteiger charge is -2.38. The maximum Gasteiger partial charge on any atom is 0.268 e. The van der Waals surface area contributed by atoms with Gasteiger partial charge in [-0.15, -0.1) is 11.3 Å². The summed E-state index contributed by atoms with van der Waals surface area (Å²) in [5, 5.41) is 1.89. The summed E-state index contributed by atoms with van der Waals surface area (Å²) in [5.41, 5.74) is 5.85. The Morgan fingerprint density at radius 3 is 3.05 bits per heavy atom. The number of nitrogens with zero attached hydrogens (tertiary/aromatic N) is 1. The number of piperidine rings is 1. The number of rotatable bonds is 4. The second kappa shape index (κ2) is 6.39. The van der Waals surface area contributed by atoms with Gasteiger partial charge in [0.05, 0.1) is 7.11 Å². The third kappa shape index (κ3) is 2.92. The fourth-order valence-electron chi connectivity index (χ4n) is 2.74. The second-order valence-corrected chi connectivity index (χ2v) is 5.92. The molecule has 1 aliphatic heterocycles. The molecule has 1 saturated heterocycles. The Morgan fingerprint density at radius 1 is 1.63 bits per heavy atom. The van der Waals surface area contributed by atoms with Crippen molar-refractivity contribution >= 4 is 17.2 Å². The summed E-state index contributed by atoms with van der Waals surface area (Å²) in [6, 6.07) is 2.01. The van der Waals surface area contributed by atoms with Gasteiger partial charge < -0.3 is 15.4 Å². The summed E-state index contributed by atoms with van der Waals surface area (Å²) >= 11 is 1.44. The molecule has 2 N–H and O–H groups in total. The van der Waals surface area contributed by atoms with Gasteiger partial charge in [0.2, 0.25) is 0 Å². The molecule has 2 unspecified atom stereocenters. The van der Waals surface area contributed by atoms with E-state index in [1.807, 2.05) is 16.3 Å². The van der Waals surface area contributed by atoms with Crippen molar-refractivity contribution < 1.29 is 9.53 Å². The number of carbonyl (C=O) groups is 1. The summed E-state index contributed by atoms with van der Waals surface area (Å²) in [6.45, 7) is 3.55. The molecule has 0 radical (unpaired) electrons. The highest BCUT2D eigenvalue weighted by atomic mass is 32.1. The van der Waals surface area contributed by atoms with Crippen LogP contribution in [0.2, 0.25) is 0 Å². The van der Waals surface area contributed by atoms with Crippen LogP contribution >= 0.6 is 11.3 Å². The highest BCUT2D eigenvalue weighted by molar-refractivity contribution is 7.12. The first-order valence-electron chi connectivity index (χ1n) is 6.83. The van der Waals surface area contributed by atoms with Crippen LogP contribution in [0.15, 0.2) is 11.4 Å². The van der Waals surface area contributed by atoms with Crippen LogP contribution in [-0.4, -0.2) is 37.0 Å². The minimum Gasteiger partial charge on any atom is -0.495 e. The van der Waals surface area contributed by atoms with Gasteiger partial charge in [0.1, 0.15) is 10.6 Å². The molecule has 1 fully saturated rings. The molecule has 0 aliphatic carbocycles. The van der Waals surface area contributed by atoms with Gasteiger partial charge in [-0.2, -0.15) is 0 Å². The topological polar surface area (TPSA) is 55.6 Å². The monoisotopic (exact) mass is 282 g/mol. The van der Waals surface area contributed by atoms with E-state index in [1.54, 1.807) is 7.11 Å². The molecule has 1 aromatic heterocycles. The van der Waals surface area contributed by atoms with Crippen LogP contribution < -0.4 is 10.5 Å². The summed E-state index contributed by atoms with van der Waals surface area (Å²) < 4.78 is 5.24. The van der Waals surface area contributed by atoms with E-state index < -0.39 is 0 Å². The van der Waals surface area contributed by atoms with Crippen molar-refractivity contribution in [3.05, 3.63) is 16.3 Å². The first-order valence-corrected chi connectivity index (χ1v) is 7.71. The average Bonchev–Trinajstić information content (AvgIpc) is 2.94. The summed E-state index contributed by atoms with van der Waals surface area (Å²) in [4.78, 5) is 15.2. The molecule has 5 heteroatoms. The van der Waals surface area contributed by atoms with Crippen LogP contribution in [0.4, 0.5) is 0 Å². The zero-order valence-corrected chi connectivity index (χ0v) is 12.4. The minimum absolute atomic E-state index is 0.0665. The molecule has 0 bridgehead atoms. The van der Waals surface area contributed by atoms with Gasteiger partial charge >= 0.3 is 0 Å². The number of ether oxygens (including phenoxy) is 1. The maximum absolute atomic E-state index is 12.6. The van der Waals surface area contributed by atoms with Gasteiger partial charge in [0.25, 0.3) is 5.91 Å². The number of thiophene rings is 1. The van der Waals surface area contributed by atoms with Crippen molar-refractivity contribution in [2.75, 3.05) is 20.2 Å². The summed E-state index contributed by atoms with van der Waals surface area (Å²) in [5.74, 6) is 1.43. The molecule has 19 heavy (non-hydrogen) atoms. The van der Waals surface area contributed by atoms with E-state index in [-0.39, 0.29) is 11.9 Å². The zero-order chi connectivity index (χ0) is 13.8. The Balaban J connectivity index is 2.14.